The van der Waals surface area contributed by atoms with Crippen molar-refractivity contribution < 1.29 is 57.9 Å². The van der Waals surface area contributed by atoms with Gasteiger partial charge in [-0.3, -0.25) is 33.6 Å². The Morgan fingerprint density at radius 3 is 1.36 bits per heavy atom. The van der Waals surface area contributed by atoms with Gasteiger partial charge >= 0.3 is 12.1 Å². The molecule has 3 unspecified atom stereocenters. The summed E-state index contributed by atoms with van der Waals surface area (Å²) in [6.07, 6.45) is 5.59. The lowest BCUT2D eigenvalue weighted by Crippen LogP contribution is -2.61. The summed E-state index contributed by atoms with van der Waals surface area (Å²) in [5.74, 6) is -4.60. The van der Waals surface area contributed by atoms with Crippen LogP contribution in [0.4, 0.5) is 9.59 Å². The van der Waals surface area contributed by atoms with Gasteiger partial charge in [0.05, 0.1) is 36.6 Å². The van der Waals surface area contributed by atoms with E-state index in [0.29, 0.717) is 40.7 Å². The number of aliphatic hydroxyl groups excluding tert-OH is 1. The van der Waals surface area contributed by atoms with Crippen molar-refractivity contribution in [2.24, 2.45) is 44.4 Å². The Labute approximate surface area is 537 Å². The maximum Gasteiger partial charge on any atom is 0.315 e. The number of nitrogens with one attached hydrogen (secondary N) is 6. The molecule has 2 saturated carbocycles. The molecule has 10 amide bonds. The first-order chi connectivity index (χ1) is 41.7. The Hall–Kier alpha value is -7.05. The van der Waals surface area contributed by atoms with Crippen molar-refractivity contribution >= 4 is 87.9 Å². The van der Waals surface area contributed by atoms with Crippen LogP contribution in [0, 0.1) is 22.7 Å². The Kier molecular flexibility index (Phi) is 21.8. The number of benzene rings is 2. The summed E-state index contributed by atoms with van der Waals surface area (Å²) in [6.45, 7) is 22.0. The van der Waals surface area contributed by atoms with Crippen LogP contribution in [0.1, 0.15) is 171 Å². The van der Waals surface area contributed by atoms with Crippen molar-refractivity contribution in [3.8, 4) is 0 Å². The highest BCUT2D eigenvalue weighted by atomic mass is 35.5. The average Bonchev–Trinajstić information content (AvgIpc) is 1.65. The molecule has 9 atom stereocenters. The van der Waals surface area contributed by atoms with Crippen molar-refractivity contribution in [1.82, 2.24) is 41.7 Å². The standard InChI is InChI=1S/C32H47ClN6O6.C32H45ClN6O6/c2*1-30(2,3)25(36-29(44)37-31(4,5)6)28(43)39-17-32(15-22(38-45-32)19-11-8-12-20(33)14-19)16-23(39)27(42)35-21(24(40)26(34)41)13-18-9-7-10-18/h8,11-12,14,18,21,23-25,40H,7,9-10,13,15-17H2,1-6H3,(H2,34,41)(H,35,42)(H2,36,37,44);8,11-12,14,18,21,23,25H,7,9-10,13,15-17H2,1-6H3,(H2,34,41)(H,35,42)(H2,36,37,44)/t21?,23-,24?,25+,32+;21?,23-,25+,32+/m00/s1. The molecular weight excluding hydrogens is 1200 g/mol. The van der Waals surface area contributed by atoms with E-state index in [0.717, 1.165) is 49.7 Å². The average molecular weight is 1290 g/mol. The molecule has 6 aliphatic rings. The minimum atomic E-state index is -1.58. The zero-order valence-electron chi connectivity index (χ0n) is 53.9. The van der Waals surface area contributed by atoms with Crippen LogP contribution in [0.3, 0.4) is 0 Å². The topological polar surface area (TPSA) is 348 Å². The smallest absolute Gasteiger partial charge is 0.315 e. The molecular formula is C64H92Cl2N12O12. The number of likely N-dealkylation sites (tertiary alicyclic amines) is 2. The van der Waals surface area contributed by atoms with Crippen LogP contribution in [0.2, 0.25) is 10.0 Å². The van der Waals surface area contributed by atoms with Gasteiger partial charge in [-0.1, -0.05) is 138 Å². The number of nitrogens with two attached hydrogens (primary N) is 2. The highest BCUT2D eigenvalue weighted by Crippen LogP contribution is 2.43. The van der Waals surface area contributed by atoms with Gasteiger partial charge in [0.25, 0.3) is 5.91 Å². The first kappa shape index (κ1) is 70.4. The number of halogens is 2. The summed E-state index contributed by atoms with van der Waals surface area (Å²) in [5, 5.41) is 37.2. The summed E-state index contributed by atoms with van der Waals surface area (Å²) in [4.78, 5) is 134. The fourth-order valence-corrected chi connectivity index (χ4v) is 12.5. The highest BCUT2D eigenvalue weighted by molar-refractivity contribution is 6.38. The summed E-state index contributed by atoms with van der Waals surface area (Å²) < 4.78 is 0. The second kappa shape index (κ2) is 27.8. The third kappa shape index (κ3) is 18.1. The second-order valence-corrected chi connectivity index (χ2v) is 30.4. The quantitative estimate of drug-likeness (QED) is 0.0790. The number of primary amides is 2. The van der Waals surface area contributed by atoms with E-state index in [-0.39, 0.29) is 44.2 Å². The molecule has 90 heavy (non-hydrogen) atoms. The molecule has 2 aromatic carbocycles. The summed E-state index contributed by atoms with van der Waals surface area (Å²) in [7, 11) is 0. The van der Waals surface area contributed by atoms with Gasteiger partial charge < -0.3 is 67.9 Å². The molecule has 11 N–H and O–H groups in total. The van der Waals surface area contributed by atoms with Crippen LogP contribution in [-0.2, 0) is 43.2 Å². The number of oxime groups is 2. The third-order valence-electron chi connectivity index (χ3n) is 17.2. The zero-order valence-corrected chi connectivity index (χ0v) is 55.4. The molecule has 26 heteroatoms. The van der Waals surface area contributed by atoms with Crippen molar-refractivity contribution in [2.75, 3.05) is 13.1 Å². The number of urea groups is 2. The molecule has 24 nitrogen and oxygen atoms in total. The fraction of sp³-hybridized carbons (Fsp3) is 0.641. The Morgan fingerprint density at radius 2 is 1.01 bits per heavy atom. The molecule has 2 aromatic rings. The van der Waals surface area contributed by atoms with E-state index < -0.39 is 129 Å². The molecule has 4 fully saturated rings. The first-order valence-corrected chi connectivity index (χ1v) is 31.7. The van der Waals surface area contributed by atoms with Gasteiger partial charge in [0.1, 0.15) is 24.2 Å². The van der Waals surface area contributed by atoms with Gasteiger partial charge in [0.15, 0.2) is 17.3 Å². The van der Waals surface area contributed by atoms with E-state index in [4.69, 9.17) is 44.3 Å². The van der Waals surface area contributed by atoms with Gasteiger partial charge in [-0.05, 0) is 101 Å². The molecule has 494 valence electrons. The van der Waals surface area contributed by atoms with E-state index in [9.17, 15) is 48.3 Å². The Morgan fingerprint density at radius 1 is 0.611 bits per heavy atom. The van der Waals surface area contributed by atoms with Gasteiger partial charge in [-0.25, -0.2) is 9.59 Å². The molecule has 8 rings (SSSR count). The lowest BCUT2D eigenvalue weighted by Gasteiger charge is -2.37. The van der Waals surface area contributed by atoms with Crippen LogP contribution in [0.15, 0.2) is 58.8 Å². The Balaban J connectivity index is 0.000000256. The fourth-order valence-electron chi connectivity index (χ4n) is 12.1. The van der Waals surface area contributed by atoms with Crippen LogP contribution < -0.4 is 43.4 Å². The number of hydrogen-bond donors (Lipinski definition) is 9. The SMILES string of the molecule is CC(C)(C)NC(=O)N[C@H](C(=O)N1C[C@@]2(CC(c3cccc(Cl)c3)=NO2)C[C@H]1C(=O)NC(CC1CCC1)C(=O)C(N)=O)C(C)(C)C.CC(C)(C)NC(=O)N[C@H](C(=O)N1C[C@@]2(CC(c3cccc(Cl)c3)=NO2)C[C@H]1C(=O)NC(CC1CCC1)C(O)C(N)=O)C(C)(C)C. The lowest BCUT2D eigenvalue weighted by atomic mass is 9.79. The summed E-state index contributed by atoms with van der Waals surface area (Å²) in [6, 6.07) is 7.17. The lowest BCUT2D eigenvalue weighted by molar-refractivity contribution is -0.143. The van der Waals surface area contributed by atoms with Crippen LogP contribution in [0.5, 0.6) is 0 Å². The number of rotatable bonds is 18. The van der Waals surface area contributed by atoms with Crippen molar-refractivity contribution in [3.05, 3.63) is 69.7 Å². The normalized spacial score (nSPS) is 23.4. The molecule has 0 aromatic heterocycles. The molecule has 2 aliphatic carbocycles. The van der Waals surface area contributed by atoms with Gasteiger partial charge in [-0.15, -0.1) is 0 Å². The molecule has 0 bridgehead atoms. The van der Waals surface area contributed by atoms with Crippen molar-refractivity contribution in [1.29, 1.82) is 0 Å². The third-order valence-corrected chi connectivity index (χ3v) is 17.7. The van der Waals surface area contributed by atoms with Crippen LogP contribution in [0.25, 0.3) is 0 Å². The van der Waals surface area contributed by atoms with E-state index >= 15 is 0 Å². The molecule has 2 saturated heterocycles. The van der Waals surface area contributed by atoms with Crippen molar-refractivity contribution in [2.45, 2.75) is 225 Å². The number of carbonyl (C=O) groups excluding carboxylic acids is 9. The van der Waals surface area contributed by atoms with E-state index in [1.165, 1.54) is 9.80 Å². The number of aliphatic hydroxyl groups is 1. The van der Waals surface area contributed by atoms with E-state index in [1.54, 1.807) is 36.4 Å². The summed E-state index contributed by atoms with van der Waals surface area (Å²) >= 11 is 12.4. The Bertz CT molecular complexity index is 3130. The second-order valence-electron chi connectivity index (χ2n) is 29.5. The van der Waals surface area contributed by atoms with Crippen molar-refractivity contribution in [3.63, 3.8) is 0 Å². The van der Waals surface area contributed by atoms with Gasteiger partial charge in [0.2, 0.25) is 35.3 Å². The monoisotopic (exact) mass is 1290 g/mol. The predicted molar refractivity (Wildman–Crippen MR) is 340 cm³/mol. The zero-order chi connectivity index (χ0) is 66.6. The largest absolute Gasteiger partial charge is 0.387 e. The summed E-state index contributed by atoms with van der Waals surface area (Å²) in [5.41, 5.74) is 8.93. The number of hydrogen-bond acceptors (Lipinski definition) is 14. The molecule has 2 spiro atoms. The number of carbonyl (C=O) groups is 9. The minimum absolute atomic E-state index is 0.00366. The number of ketones is 1. The van der Waals surface area contributed by atoms with Gasteiger partial charge in [0, 0.05) is 57.9 Å². The van der Waals surface area contributed by atoms with Crippen LogP contribution >= 0.6 is 23.2 Å². The van der Waals surface area contributed by atoms with E-state index in [1.807, 2.05) is 95.2 Å². The highest BCUT2D eigenvalue weighted by Gasteiger charge is 2.58. The van der Waals surface area contributed by atoms with Gasteiger partial charge in [-0.2, -0.15) is 0 Å². The molecule has 0 radical (unpaired) electrons. The minimum Gasteiger partial charge on any atom is -0.387 e. The molecule has 4 aliphatic heterocycles. The number of nitrogens with zero attached hydrogens (tertiary/aromatic N) is 4. The maximum absolute atomic E-state index is 14.4. The molecule has 4 heterocycles. The number of amides is 10. The van der Waals surface area contributed by atoms with E-state index in [2.05, 4.69) is 42.2 Å². The first-order valence-electron chi connectivity index (χ1n) is 31.0. The predicted octanol–water partition coefficient (Wildman–Crippen LogP) is 5.88. The maximum atomic E-state index is 14.4. The number of Topliss-reactive ketones (excluding diaryl/α,β-unsaturated/α-hetero) is 1. The van der Waals surface area contributed by atoms with Crippen LogP contribution in [-0.4, -0.2) is 157 Å².